The quantitative estimate of drug-likeness (QED) is 0.468. The first kappa shape index (κ1) is 16.9. The first-order valence-corrected chi connectivity index (χ1v) is 9.57. The van der Waals surface area contributed by atoms with Crippen molar-refractivity contribution in [3.8, 4) is 0 Å². The van der Waals surface area contributed by atoms with Crippen LogP contribution in [0, 0.1) is 6.92 Å². The van der Waals surface area contributed by atoms with E-state index in [9.17, 15) is 4.79 Å². The second kappa shape index (κ2) is 7.77. The van der Waals surface area contributed by atoms with Crippen molar-refractivity contribution in [2.75, 3.05) is 0 Å². The van der Waals surface area contributed by atoms with Crippen LogP contribution in [0.3, 0.4) is 0 Å². The van der Waals surface area contributed by atoms with Gasteiger partial charge < -0.3 is 4.57 Å². The highest BCUT2D eigenvalue weighted by Gasteiger charge is 2.19. The lowest BCUT2D eigenvalue weighted by Gasteiger charge is -2.11. The molecule has 0 spiro atoms. The SMILES string of the molecule is Cc1ccc(C(=O)C(C)Sc2nncn2CCc2cccs2)cc1. The largest absolute Gasteiger partial charge is 0.308 e. The van der Waals surface area contributed by atoms with Gasteiger partial charge in [0.1, 0.15) is 6.33 Å². The van der Waals surface area contributed by atoms with Crippen LogP contribution in [0.25, 0.3) is 0 Å². The van der Waals surface area contributed by atoms with Gasteiger partial charge in [0.05, 0.1) is 5.25 Å². The second-order valence-electron chi connectivity index (χ2n) is 5.63. The van der Waals surface area contributed by atoms with Gasteiger partial charge in [-0.25, -0.2) is 0 Å². The van der Waals surface area contributed by atoms with Gasteiger partial charge in [-0.05, 0) is 31.7 Å². The number of rotatable bonds is 7. The molecule has 3 rings (SSSR count). The van der Waals surface area contributed by atoms with Gasteiger partial charge in [0.15, 0.2) is 10.9 Å². The van der Waals surface area contributed by atoms with Crippen LogP contribution >= 0.6 is 23.1 Å². The number of nitrogens with zero attached hydrogens (tertiary/aromatic N) is 3. The van der Waals surface area contributed by atoms with Crippen LogP contribution in [0.5, 0.6) is 0 Å². The summed E-state index contributed by atoms with van der Waals surface area (Å²) in [6, 6.07) is 11.9. The van der Waals surface area contributed by atoms with E-state index in [1.54, 1.807) is 17.7 Å². The molecule has 0 aliphatic rings. The van der Waals surface area contributed by atoms with Crippen LogP contribution in [-0.4, -0.2) is 25.8 Å². The zero-order chi connectivity index (χ0) is 16.9. The normalized spacial score (nSPS) is 12.2. The molecule has 1 atom stereocenters. The summed E-state index contributed by atoms with van der Waals surface area (Å²) in [5.41, 5.74) is 1.89. The molecule has 2 aromatic heterocycles. The lowest BCUT2D eigenvalue weighted by Crippen LogP contribution is -2.15. The summed E-state index contributed by atoms with van der Waals surface area (Å²) in [7, 11) is 0. The number of hydrogen-bond acceptors (Lipinski definition) is 5. The fourth-order valence-corrected chi connectivity index (χ4v) is 3.96. The van der Waals surface area contributed by atoms with Gasteiger partial charge in [0, 0.05) is 17.0 Å². The standard InChI is InChI=1S/C18H19N3OS2/c1-13-5-7-15(8-6-13)17(22)14(2)24-18-20-19-12-21(18)10-9-16-4-3-11-23-16/h3-8,11-12,14H,9-10H2,1-2H3. The van der Waals surface area contributed by atoms with Gasteiger partial charge in [0.25, 0.3) is 0 Å². The van der Waals surface area contributed by atoms with Crippen molar-refractivity contribution >= 4 is 28.9 Å². The number of benzene rings is 1. The molecule has 0 saturated heterocycles. The fourth-order valence-electron chi connectivity index (χ4n) is 2.34. The molecule has 0 radical (unpaired) electrons. The molecule has 0 aliphatic heterocycles. The molecule has 24 heavy (non-hydrogen) atoms. The number of carbonyl (C=O) groups is 1. The summed E-state index contributed by atoms with van der Waals surface area (Å²) in [4.78, 5) is 13.9. The Morgan fingerprint density at radius 2 is 2.08 bits per heavy atom. The third-order valence-electron chi connectivity index (χ3n) is 3.75. The molecule has 3 aromatic rings. The van der Waals surface area contributed by atoms with Crippen molar-refractivity contribution in [1.29, 1.82) is 0 Å². The molecule has 0 amide bonds. The Labute approximate surface area is 149 Å². The highest BCUT2D eigenvalue weighted by molar-refractivity contribution is 8.00. The smallest absolute Gasteiger partial charge is 0.191 e. The van der Waals surface area contributed by atoms with E-state index in [-0.39, 0.29) is 11.0 Å². The second-order valence-corrected chi connectivity index (χ2v) is 7.97. The van der Waals surface area contributed by atoms with Gasteiger partial charge >= 0.3 is 0 Å². The summed E-state index contributed by atoms with van der Waals surface area (Å²) in [5, 5.41) is 10.9. The highest BCUT2D eigenvalue weighted by atomic mass is 32.2. The van der Waals surface area contributed by atoms with Crippen LogP contribution in [-0.2, 0) is 13.0 Å². The van der Waals surface area contributed by atoms with Gasteiger partial charge in [-0.15, -0.1) is 21.5 Å². The number of hydrogen-bond donors (Lipinski definition) is 0. The van der Waals surface area contributed by atoms with Crippen molar-refractivity contribution in [2.24, 2.45) is 0 Å². The molecule has 1 aromatic carbocycles. The molecule has 4 nitrogen and oxygen atoms in total. The maximum absolute atomic E-state index is 12.6. The predicted octanol–water partition coefficient (Wildman–Crippen LogP) is 4.25. The molecule has 0 aliphatic carbocycles. The summed E-state index contributed by atoms with van der Waals surface area (Å²) in [6.07, 6.45) is 2.68. The topological polar surface area (TPSA) is 47.8 Å². The minimum Gasteiger partial charge on any atom is -0.308 e. The maximum atomic E-state index is 12.6. The molecule has 124 valence electrons. The highest BCUT2D eigenvalue weighted by Crippen LogP contribution is 2.24. The maximum Gasteiger partial charge on any atom is 0.191 e. The number of carbonyl (C=O) groups excluding carboxylic acids is 1. The van der Waals surface area contributed by atoms with E-state index < -0.39 is 0 Å². The first-order valence-electron chi connectivity index (χ1n) is 7.81. The molecular weight excluding hydrogens is 338 g/mol. The van der Waals surface area contributed by atoms with Crippen molar-refractivity contribution < 1.29 is 4.79 Å². The van der Waals surface area contributed by atoms with Crippen LogP contribution in [0.1, 0.15) is 27.7 Å². The Bertz CT molecular complexity index is 794. The van der Waals surface area contributed by atoms with Gasteiger partial charge in [-0.3, -0.25) is 4.79 Å². The van der Waals surface area contributed by atoms with Crippen LogP contribution in [0.2, 0.25) is 0 Å². The lowest BCUT2D eigenvalue weighted by atomic mass is 10.1. The zero-order valence-corrected chi connectivity index (χ0v) is 15.3. The van der Waals surface area contributed by atoms with Gasteiger partial charge in [-0.2, -0.15) is 0 Å². The number of thioether (sulfide) groups is 1. The van der Waals surface area contributed by atoms with Crippen molar-refractivity contribution in [2.45, 2.75) is 37.2 Å². The molecular formula is C18H19N3OS2. The third kappa shape index (κ3) is 4.13. The molecule has 0 fully saturated rings. The van der Waals surface area contributed by atoms with Crippen LogP contribution in [0.4, 0.5) is 0 Å². The molecule has 2 heterocycles. The molecule has 0 bridgehead atoms. The first-order chi connectivity index (χ1) is 11.6. The van der Waals surface area contributed by atoms with E-state index >= 15 is 0 Å². The van der Waals surface area contributed by atoms with Gasteiger partial charge in [0.2, 0.25) is 0 Å². The molecule has 1 unspecified atom stereocenters. The monoisotopic (exact) mass is 357 g/mol. The third-order valence-corrected chi connectivity index (χ3v) is 5.78. The Hall–Kier alpha value is -1.92. The van der Waals surface area contributed by atoms with Crippen molar-refractivity contribution in [1.82, 2.24) is 14.8 Å². The predicted molar refractivity (Wildman–Crippen MR) is 98.9 cm³/mol. The Balaban J connectivity index is 1.64. The Kier molecular flexibility index (Phi) is 5.48. The lowest BCUT2D eigenvalue weighted by molar-refractivity contribution is 0.0994. The number of thiophene rings is 1. The summed E-state index contributed by atoms with van der Waals surface area (Å²) in [5.74, 6) is 0.118. The summed E-state index contributed by atoms with van der Waals surface area (Å²) >= 11 is 3.22. The van der Waals surface area contributed by atoms with E-state index in [4.69, 9.17) is 0 Å². The van der Waals surface area contributed by atoms with E-state index in [0.717, 1.165) is 29.2 Å². The average molecular weight is 358 g/mol. The zero-order valence-electron chi connectivity index (χ0n) is 13.7. The minimum absolute atomic E-state index is 0.118. The van der Waals surface area contributed by atoms with Crippen LogP contribution in [0.15, 0.2) is 53.3 Å². The van der Waals surface area contributed by atoms with Gasteiger partial charge in [-0.1, -0.05) is 47.7 Å². The average Bonchev–Trinajstić information content (AvgIpc) is 3.24. The number of aromatic nitrogens is 3. The van der Waals surface area contributed by atoms with E-state index in [1.807, 2.05) is 42.7 Å². The molecule has 0 N–H and O–H groups in total. The number of aryl methyl sites for hydroxylation is 3. The Morgan fingerprint density at radius 1 is 1.29 bits per heavy atom. The van der Waals surface area contributed by atoms with Crippen molar-refractivity contribution in [3.05, 3.63) is 64.1 Å². The van der Waals surface area contributed by atoms with E-state index in [2.05, 4.69) is 27.7 Å². The minimum atomic E-state index is -0.197. The number of ketones is 1. The summed E-state index contributed by atoms with van der Waals surface area (Å²) in [6.45, 7) is 4.76. The summed E-state index contributed by atoms with van der Waals surface area (Å²) < 4.78 is 2.02. The fraction of sp³-hybridized carbons (Fsp3) is 0.278. The van der Waals surface area contributed by atoms with Crippen LogP contribution < -0.4 is 0 Å². The van der Waals surface area contributed by atoms with E-state index in [0.29, 0.717) is 0 Å². The van der Waals surface area contributed by atoms with Crippen molar-refractivity contribution in [3.63, 3.8) is 0 Å². The molecule has 0 saturated carbocycles. The number of Topliss-reactive ketones (excluding diaryl/α,β-unsaturated/α-hetero) is 1. The Morgan fingerprint density at radius 3 is 2.79 bits per heavy atom. The molecule has 6 heteroatoms. The van der Waals surface area contributed by atoms with E-state index in [1.165, 1.54) is 16.6 Å².